The van der Waals surface area contributed by atoms with E-state index in [0.717, 1.165) is 12.8 Å². The molecule has 1 N–H and O–H groups in total. The number of ether oxygens (including phenoxy) is 1. The zero-order chi connectivity index (χ0) is 20.9. The van der Waals surface area contributed by atoms with Gasteiger partial charge in [-0.1, -0.05) is 44.2 Å². The zero-order valence-corrected chi connectivity index (χ0v) is 18.7. The Morgan fingerprint density at radius 1 is 1.10 bits per heavy atom. The first-order valence-corrected chi connectivity index (χ1v) is 12.1. The molecule has 0 aromatic heterocycles. The molecule has 3 heteroatoms. The molecule has 4 bridgehead atoms. The fourth-order valence-corrected chi connectivity index (χ4v) is 10.2. The topological polar surface area (TPSA) is 46.5 Å². The number of carbonyl (C=O) groups excluding carboxylic acids is 1. The molecule has 0 amide bonds. The van der Waals surface area contributed by atoms with Gasteiger partial charge >= 0.3 is 0 Å². The second-order valence-electron chi connectivity index (χ2n) is 11.8. The van der Waals surface area contributed by atoms with Gasteiger partial charge in [0, 0.05) is 18.9 Å². The number of carbonyl (C=O) groups is 1. The summed E-state index contributed by atoms with van der Waals surface area (Å²) in [6, 6.07) is 10.9. The minimum absolute atomic E-state index is 0.0284. The molecule has 5 aliphatic carbocycles. The Labute approximate surface area is 180 Å². The summed E-state index contributed by atoms with van der Waals surface area (Å²) in [6.07, 6.45) is 8.61. The summed E-state index contributed by atoms with van der Waals surface area (Å²) in [7, 11) is 1.68. The van der Waals surface area contributed by atoms with Gasteiger partial charge in [-0.05, 0) is 79.1 Å². The van der Waals surface area contributed by atoms with Crippen molar-refractivity contribution in [2.75, 3.05) is 7.11 Å². The lowest BCUT2D eigenvalue weighted by atomic mass is 9.48. The molecular formula is C27H36O3. The molecule has 5 saturated carbocycles. The minimum Gasteiger partial charge on any atom is -0.386 e. The molecule has 0 unspecified atom stereocenters. The van der Waals surface area contributed by atoms with Crippen LogP contribution in [0.3, 0.4) is 0 Å². The lowest BCUT2D eigenvalue weighted by molar-refractivity contribution is -0.186. The number of aliphatic hydroxyl groups is 1. The van der Waals surface area contributed by atoms with E-state index in [0.29, 0.717) is 24.2 Å². The monoisotopic (exact) mass is 408 g/mol. The summed E-state index contributed by atoms with van der Waals surface area (Å²) in [5.74, 6) is 1.72. The number of methoxy groups -OCH3 is 1. The molecule has 1 spiro atoms. The smallest absolute Gasteiger partial charge is 0.141 e. The van der Waals surface area contributed by atoms with Crippen molar-refractivity contribution in [1.29, 1.82) is 0 Å². The van der Waals surface area contributed by atoms with E-state index in [1.54, 1.807) is 7.11 Å². The number of fused-ring (bicyclic) bond motifs is 2. The lowest BCUT2D eigenvalue weighted by Crippen LogP contribution is -2.58. The second kappa shape index (κ2) is 5.98. The van der Waals surface area contributed by atoms with Crippen molar-refractivity contribution in [2.45, 2.75) is 76.9 Å². The number of benzene rings is 1. The summed E-state index contributed by atoms with van der Waals surface area (Å²) >= 11 is 0. The Balaban J connectivity index is 1.40. The van der Waals surface area contributed by atoms with Gasteiger partial charge in [0.1, 0.15) is 11.4 Å². The van der Waals surface area contributed by atoms with E-state index in [9.17, 15) is 9.90 Å². The summed E-state index contributed by atoms with van der Waals surface area (Å²) in [4.78, 5) is 13.2. The van der Waals surface area contributed by atoms with Crippen molar-refractivity contribution in [1.82, 2.24) is 0 Å². The first-order chi connectivity index (χ1) is 14.3. The predicted octanol–water partition coefficient (Wildman–Crippen LogP) is 4.81. The molecule has 5 fully saturated rings. The third kappa shape index (κ3) is 1.95. The van der Waals surface area contributed by atoms with Crippen molar-refractivity contribution >= 4 is 5.78 Å². The molecule has 162 valence electrons. The number of ketones is 1. The van der Waals surface area contributed by atoms with Gasteiger partial charge in [-0.25, -0.2) is 0 Å². The lowest BCUT2D eigenvalue weighted by Gasteiger charge is -2.57. The summed E-state index contributed by atoms with van der Waals surface area (Å²) < 4.78 is 5.79. The molecule has 0 aliphatic heterocycles. The van der Waals surface area contributed by atoms with E-state index in [-0.39, 0.29) is 34.1 Å². The van der Waals surface area contributed by atoms with Gasteiger partial charge in [-0.3, -0.25) is 4.79 Å². The maximum atomic E-state index is 13.2. The Bertz CT molecular complexity index is 881. The number of hydrogen-bond acceptors (Lipinski definition) is 3. The molecule has 0 heterocycles. The van der Waals surface area contributed by atoms with Crippen molar-refractivity contribution < 1.29 is 14.6 Å². The van der Waals surface area contributed by atoms with E-state index >= 15 is 0 Å². The zero-order valence-electron chi connectivity index (χ0n) is 18.7. The van der Waals surface area contributed by atoms with Crippen LogP contribution in [0.4, 0.5) is 0 Å². The van der Waals surface area contributed by atoms with Gasteiger partial charge in [0.25, 0.3) is 0 Å². The fourth-order valence-electron chi connectivity index (χ4n) is 10.2. The number of rotatable bonds is 3. The third-order valence-electron chi connectivity index (χ3n) is 11.4. The van der Waals surface area contributed by atoms with Gasteiger partial charge in [0.15, 0.2) is 0 Å². The SMILES string of the molecule is CO[C@H]1CC(=O)[C@@H]2[C@@H]3[C@@H]4CC[C@@]5(CC[C@H](Cc6ccccc6)C5)[C@]3(C)[C@](C)(C4)[C@@]12O. The van der Waals surface area contributed by atoms with Crippen LogP contribution in [-0.2, 0) is 16.0 Å². The Kier molecular flexibility index (Phi) is 3.89. The van der Waals surface area contributed by atoms with E-state index in [4.69, 9.17) is 4.74 Å². The number of hydrogen-bond donors (Lipinski definition) is 1. The quantitative estimate of drug-likeness (QED) is 0.781. The van der Waals surface area contributed by atoms with Gasteiger partial charge < -0.3 is 9.84 Å². The average Bonchev–Trinajstić information content (AvgIpc) is 3.35. The average molecular weight is 409 g/mol. The van der Waals surface area contributed by atoms with Crippen LogP contribution >= 0.6 is 0 Å². The van der Waals surface area contributed by atoms with Gasteiger partial charge in [0.2, 0.25) is 0 Å². The number of Topliss-reactive ketones (excluding diaryl/α,β-unsaturated/α-hetero) is 1. The first kappa shape index (κ1) is 19.5. The highest BCUT2D eigenvalue weighted by molar-refractivity contribution is 5.88. The van der Waals surface area contributed by atoms with Crippen molar-refractivity contribution in [3.05, 3.63) is 35.9 Å². The van der Waals surface area contributed by atoms with Gasteiger partial charge in [-0.2, -0.15) is 0 Å². The minimum atomic E-state index is -0.983. The third-order valence-corrected chi connectivity index (χ3v) is 11.4. The first-order valence-electron chi connectivity index (χ1n) is 12.1. The molecule has 0 saturated heterocycles. The molecule has 3 nitrogen and oxygen atoms in total. The summed E-state index contributed by atoms with van der Waals surface area (Å²) in [5, 5.41) is 12.2. The van der Waals surface area contributed by atoms with Gasteiger partial charge in [0.05, 0.1) is 12.0 Å². The van der Waals surface area contributed by atoms with Crippen LogP contribution in [0.25, 0.3) is 0 Å². The highest BCUT2D eigenvalue weighted by Crippen LogP contribution is 2.85. The Morgan fingerprint density at radius 3 is 2.57 bits per heavy atom. The van der Waals surface area contributed by atoms with Crippen molar-refractivity contribution in [3.8, 4) is 0 Å². The highest BCUT2D eigenvalue weighted by Gasteiger charge is 2.86. The standard InChI is InChI=1S/C27H36O3/c1-24-16-19-10-12-26(11-9-18(15-26)13-17-7-5-4-6-8-17)25(24,2)22(19)23-20(28)14-21(30-3)27(23,24)29/h4-8,18-19,21-23,29H,9-16H2,1-3H3/t18-,19-,21+,22+,23-,24+,25+,26-,27-/m1/s1. The van der Waals surface area contributed by atoms with Crippen molar-refractivity contribution in [2.24, 2.45) is 39.9 Å². The maximum Gasteiger partial charge on any atom is 0.141 e. The predicted molar refractivity (Wildman–Crippen MR) is 116 cm³/mol. The van der Waals surface area contributed by atoms with E-state index in [2.05, 4.69) is 44.2 Å². The molecule has 0 radical (unpaired) electrons. The van der Waals surface area contributed by atoms with E-state index in [1.807, 2.05) is 0 Å². The molecule has 9 atom stereocenters. The van der Waals surface area contributed by atoms with E-state index in [1.165, 1.54) is 37.7 Å². The largest absolute Gasteiger partial charge is 0.386 e. The van der Waals surface area contributed by atoms with Crippen LogP contribution in [-0.4, -0.2) is 29.7 Å². The maximum absolute atomic E-state index is 13.2. The van der Waals surface area contributed by atoms with Crippen LogP contribution in [0.15, 0.2) is 30.3 Å². The normalized spacial score (nSPS) is 53.6. The summed E-state index contributed by atoms with van der Waals surface area (Å²) in [6.45, 7) is 4.82. The molecule has 30 heavy (non-hydrogen) atoms. The van der Waals surface area contributed by atoms with Crippen LogP contribution in [0, 0.1) is 39.9 Å². The highest BCUT2D eigenvalue weighted by atomic mass is 16.5. The molecular weight excluding hydrogens is 372 g/mol. The van der Waals surface area contributed by atoms with Gasteiger partial charge in [-0.15, -0.1) is 0 Å². The molecule has 5 aliphatic rings. The Hall–Kier alpha value is -1.19. The fraction of sp³-hybridized carbons (Fsp3) is 0.741. The summed E-state index contributed by atoms with van der Waals surface area (Å²) in [5.41, 5.74) is 0.524. The molecule has 1 aromatic carbocycles. The van der Waals surface area contributed by atoms with Crippen LogP contribution in [0.5, 0.6) is 0 Å². The second-order valence-corrected chi connectivity index (χ2v) is 11.8. The molecule has 1 aromatic rings. The Morgan fingerprint density at radius 2 is 1.83 bits per heavy atom. The molecule has 6 rings (SSSR count). The van der Waals surface area contributed by atoms with Crippen LogP contribution in [0.1, 0.15) is 64.4 Å². The van der Waals surface area contributed by atoms with E-state index < -0.39 is 5.60 Å². The van der Waals surface area contributed by atoms with Crippen molar-refractivity contribution in [3.63, 3.8) is 0 Å². The van der Waals surface area contributed by atoms with Crippen LogP contribution < -0.4 is 0 Å². The van der Waals surface area contributed by atoms with Crippen LogP contribution in [0.2, 0.25) is 0 Å².